The van der Waals surface area contributed by atoms with Crippen molar-refractivity contribution in [3.8, 4) is 0 Å². The number of nitrogen functional groups attached to an aromatic ring is 1. The predicted octanol–water partition coefficient (Wildman–Crippen LogP) is 2.79. The van der Waals surface area contributed by atoms with Crippen LogP contribution in [0.15, 0.2) is 53.4 Å². The van der Waals surface area contributed by atoms with Crippen LogP contribution in [0.2, 0.25) is 0 Å². The summed E-state index contributed by atoms with van der Waals surface area (Å²) in [5.41, 5.74) is 8.00. The monoisotopic (exact) mass is 304 g/mol. The molecule has 0 unspecified atom stereocenters. The summed E-state index contributed by atoms with van der Waals surface area (Å²) in [4.78, 5) is 0.363. The van der Waals surface area contributed by atoms with Crippen LogP contribution in [0.3, 0.4) is 0 Å². The molecule has 5 heteroatoms. The van der Waals surface area contributed by atoms with E-state index in [0.29, 0.717) is 23.7 Å². The minimum atomic E-state index is -3.49. The number of benzene rings is 2. The van der Waals surface area contributed by atoms with E-state index in [9.17, 15) is 8.42 Å². The lowest BCUT2D eigenvalue weighted by Gasteiger charge is -2.21. The molecule has 0 aliphatic rings. The summed E-state index contributed by atoms with van der Waals surface area (Å²) in [7, 11) is -3.49. The fourth-order valence-corrected chi connectivity index (χ4v) is 3.84. The molecule has 4 nitrogen and oxygen atoms in total. The summed E-state index contributed by atoms with van der Waals surface area (Å²) >= 11 is 0. The Morgan fingerprint density at radius 1 is 1.05 bits per heavy atom. The zero-order valence-corrected chi connectivity index (χ0v) is 13.1. The van der Waals surface area contributed by atoms with Crippen LogP contribution in [0.5, 0.6) is 0 Å². The molecule has 0 amide bonds. The third-order valence-electron chi connectivity index (χ3n) is 3.40. The predicted molar refractivity (Wildman–Crippen MR) is 85.3 cm³/mol. The molecule has 0 bridgehead atoms. The first-order valence-corrected chi connectivity index (χ1v) is 8.29. The van der Waals surface area contributed by atoms with Crippen LogP contribution in [0.25, 0.3) is 0 Å². The Morgan fingerprint density at radius 3 is 2.24 bits per heavy atom. The average Bonchev–Trinajstić information content (AvgIpc) is 2.46. The molecule has 0 saturated heterocycles. The van der Waals surface area contributed by atoms with Crippen LogP contribution in [-0.2, 0) is 16.6 Å². The third kappa shape index (κ3) is 3.43. The maximum atomic E-state index is 12.8. The molecule has 0 spiro atoms. The van der Waals surface area contributed by atoms with Crippen molar-refractivity contribution in [1.82, 2.24) is 4.31 Å². The maximum Gasteiger partial charge on any atom is 0.243 e. The number of sulfonamides is 1. The highest BCUT2D eigenvalue weighted by atomic mass is 32.2. The zero-order chi connectivity index (χ0) is 15.5. The molecule has 0 radical (unpaired) electrons. The molecule has 2 aromatic carbocycles. The van der Waals surface area contributed by atoms with Crippen molar-refractivity contribution in [2.45, 2.75) is 25.3 Å². The molecule has 0 atom stereocenters. The van der Waals surface area contributed by atoms with Crippen LogP contribution >= 0.6 is 0 Å². The molecule has 112 valence electrons. The van der Waals surface area contributed by atoms with Gasteiger partial charge < -0.3 is 5.73 Å². The molecule has 0 aliphatic carbocycles. The number of hydrogen-bond acceptors (Lipinski definition) is 3. The summed E-state index contributed by atoms with van der Waals surface area (Å²) in [5, 5.41) is 0. The number of rotatable bonds is 5. The number of anilines is 1. The first kappa shape index (κ1) is 15.5. The van der Waals surface area contributed by atoms with Gasteiger partial charge in [0, 0.05) is 18.8 Å². The highest BCUT2D eigenvalue weighted by Gasteiger charge is 2.24. The number of hydrogen-bond donors (Lipinski definition) is 1. The standard InChI is InChI=1S/C16H20N2O2S/c1-3-18(12-14-8-10-15(17)11-9-14)21(19,20)16-7-5-4-6-13(16)2/h4-11H,3,12,17H2,1-2H3. The van der Waals surface area contributed by atoms with E-state index in [4.69, 9.17) is 5.73 Å². The number of nitrogens with zero attached hydrogens (tertiary/aromatic N) is 1. The molecular formula is C16H20N2O2S. The zero-order valence-electron chi connectivity index (χ0n) is 12.3. The van der Waals surface area contributed by atoms with E-state index in [1.54, 1.807) is 24.3 Å². The minimum absolute atomic E-state index is 0.341. The minimum Gasteiger partial charge on any atom is -0.399 e. The fourth-order valence-electron chi connectivity index (χ4n) is 2.18. The van der Waals surface area contributed by atoms with E-state index in [2.05, 4.69) is 0 Å². The van der Waals surface area contributed by atoms with Crippen molar-refractivity contribution in [2.24, 2.45) is 0 Å². The van der Waals surface area contributed by atoms with Crippen molar-refractivity contribution in [3.05, 3.63) is 59.7 Å². The molecule has 0 aliphatic heterocycles. The van der Waals surface area contributed by atoms with Gasteiger partial charge in [-0.25, -0.2) is 8.42 Å². The summed E-state index contributed by atoms with van der Waals surface area (Å²) in [5.74, 6) is 0. The van der Waals surface area contributed by atoms with Gasteiger partial charge in [0.15, 0.2) is 0 Å². The van der Waals surface area contributed by atoms with E-state index in [-0.39, 0.29) is 0 Å². The molecule has 21 heavy (non-hydrogen) atoms. The maximum absolute atomic E-state index is 12.8. The summed E-state index contributed by atoms with van der Waals surface area (Å²) in [6.45, 7) is 4.41. The van der Waals surface area contributed by atoms with Gasteiger partial charge in [0.1, 0.15) is 0 Å². The van der Waals surface area contributed by atoms with Gasteiger partial charge >= 0.3 is 0 Å². The van der Waals surface area contributed by atoms with E-state index in [0.717, 1.165) is 11.1 Å². The van der Waals surface area contributed by atoms with Gasteiger partial charge in [0.05, 0.1) is 4.90 Å². The Labute approximate surface area is 126 Å². The van der Waals surface area contributed by atoms with E-state index >= 15 is 0 Å². The number of aryl methyl sites for hydroxylation is 1. The molecular weight excluding hydrogens is 284 g/mol. The van der Waals surface area contributed by atoms with Crippen LogP contribution in [0.4, 0.5) is 5.69 Å². The second-order valence-electron chi connectivity index (χ2n) is 4.94. The number of nitrogens with two attached hydrogens (primary N) is 1. The van der Waals surface area contributed by atoms with Crippen LogP contribution in [0.1, 0.15) is 18.1 Å². The molecule has 2 N–H and O–H groups in total. The molecule has 0 fully saturated rings. The Hall–Kier alpha value is -1.85. The van der Waals surface area contributed by atoms with Gasteiger partial charge in [0.2, 0.25) is 10.0 Å². The van der Waals surface area contributed by atoms with Gasteiger partial charge in [-0.1, -0.05) is 37.3 Å². The molecule has 2 aromatic rings. The van der Waals surface area contributed by atoms with Gasteiger partial charge in [-0.3, -0.25) is 0 Å². The average molecular weight is 304 g/mol. The summed E-state index contributed by atoms with van der Waals surface area (Å²) in [6.07, 6.45) is 0. The third-order valence-corrected chi connectivity index (χ3v) is 5.48. The largest absolute Gasteiger partial charge is 0.399 e. The molecule has 0 saturated carbocycles. The second kappa shape index (κ2) is 6.28. The normalized spacial score (nSPS) is 11.8. The van der Waals surface area contributed by atoms with Gasteiger partial charge in [-0.15, -0.1) is 0 Å². The summed E-state index contributed by atoms with van der Waals surface area (Å²) in [6, 6.07) is 14.3. The van der Waals surface area contributed by atoms with E-state index in [1.807, 2.05) is 38.1 Å². The van der Waals surface area contributed by atoms with Crippen LogP contribution in [0, 0.1) is 6.92 Å². The second-order valence-corrected chi connectivity index (χ2v) is 6.84. The van der Waals surface area contributed by atoms with Crippen LogP contribution in [-0.4, -0.2) is 19.3 Å². The van der Waals surface area contributed by atoms with Crippen molar-refractivity contribution in [3.63, 3.8) is 0 Å². The van der Waals surface area contributed by atoms with Gasteiger partial charge in [-0.05, 0) is 36.2 Å². The lowest BCUT2D eigenvalue weighted by atomic mass is 10.2. The highest BCUT2D eigenvalue weighted by Crippen LogP contribution is 2.21. The summed E-state index contributed by atoms with van der Waals surface area (Å²) < 4.78 is 27.0. The molecule has 0 aromatic heterocycles. The Bertz CT molecular complexity index is 709. The lowest BCUT2D eigenvalue weighted by Crippen LogP contribution is -2.30. The topological polar surface area (TPSA) is 63.4 Å². The Morgan fingerprint density at radius 2 is 1.67 bits per heavy atom. The quantitative estimate of drug-likeness (QED) is 0.864. The van der Waals surface area contributed by atoms with Gasteiger partial charge in [-0.2, -0.15) is 4.31 Å². The van der Waals surface area contributed by atoms with Crippen LogP contribution < -0.4 is 5.73 Å². The Kier molecular flexibility index (Phi) is 4.65. The molecule has 2 rings (SSSR count). The van der Waals surface area contributed by atoms with Gasteiger partial charge in [0.25, 0.3) is 0 Å². The molecule has 0 heterocycles. The van der Waals surface area contributed by atoms with E-state index < -0.39 is 10.0 Å². The first-order valence-electron chi connectivity index (χ1n) is 6.85. The van der Waals surface area contributed by atoms with Crippen molar-refractivity contribution in [1.29, 1.82) is 0 Å². The highest BCUT2D eigenvalue weighted by molar-refractivity contribution is 7.89. The van der Waals surface area contributed by atoms with E-state index in [1.165, 1.54) is 4.31 Å². The van der Waals surface area contributed by atoms with Crippen molar-refractivity contribution in [2.75, 3.05) is 12.3 Å². The first-order chi connectivity index (χ1) is 9.95. The smallest absolute Gasteiger partial charge is 0.243 e. The Balaban J connectivity index is 2.32. The van der Waals surface area contributed by atoms with Crippen molar-refractivity contribution < 1.29 is 8.42 Å². The lowest BCUT2D eigenvalue weighted by molar-refractivity contribution is 0.423. The SMILES string of the molecule is CCN(Cc1ccc(N)cc1)S(=O)(=O)c1ccccc1C. The van der Waals surface area contributed by atoms with Crippen molar-refractivity contribution >= 4 is 15.7 Å². The fraction of sp³-hybridized carbons (Fsp3) is 0.250.